The number of amides is 1. The summed E-state index contributed by atoms with van der Waals surface area (Å²) < 4.78 is 7.41. The first-order chi connectivity index (χ1) is 12.4. The highest BCUT2D eigenvalue weighted by molar-refractivity contribution is 5.89. The predicted molar refractivity (Wildman–Crippen MR) is 94.1 cm³/mol. The van der Waals surface area contributed by atoms with E-state index in [9.17, 15) is 19.2 Å². The first kappa shape index (κ1) is 18.9. The van der Waals surface area contributed by atoms with E-state index in [0.717, 1.165) is 13.7 Å². The van der Waals surface area contributed by atoms with Gasteiger partial charge in [0, 0.05) is 19.0 Å². The van der Waals surface area contributed by atoms with Crippen LogP contribution < -0.4 is 22.4 Å². The largest absolute Gasteiger partial charge is 0.360 e. The smallest absolute Gasteiger partial charge is 0.336 e. The summed E-state index contributed by atoms with van der Waals surface area (Å²) in [7, 11) is 0. The van der Waals surface area contributed by atoms with Crippen LogP contribution in [0.2, 0.25) is 0 Å². The zero-order chi connectivity index (χ0) is 19.3. The highest BCUT2D eigenvalue weighted by Gasteiger charge is 2.15. The van der Waals surface area contributed by atoms with Crippen LogP contribution in [0.25, 0.3) is 0 Å². The van der Waals surface area contributed by atoms with E-state index in [2.05, 4.69) is 23.6 Å². The van der Waals surface area contributed by atoms with Crippen molar-refractivity contribution in [2.24, 2.45) is 0 Å². The van der Waals surface area contributed by atoms with Crippen LogP contribution in [0.15, 0.2) is 50.3 Å². The standard InChI is InChI=1S/C16H19N5O5/c1-4-7-19-14(23)20(8-5-2)16(25)21(15(19)24)9-6-13(22)17-12-10-11(3)26-18-12/h4-5,10H,1-2,6-9H2,3H3,(H,17,18,22). The number of nitrogens with zero attached hydrogens (tertiary/aromatic N) is 4. The van der Waals surface area contributed by atoms with Crippen LogP contribution >= 0.6 is 0 Å². The van der Waals surface area contributed by atoms with Gasteiger partial charge in [-0.2, -0.15) is 0 Å². The number of allylic oxidation sites excluding steroid dienone is 2. The van der Waals surface area contributed by atoms with E-state index in [4.69, 9.17) is 4.52 Å². The molecular formula is C16H19N5O5. The molecule has 0 radical (unpaired) electrons. The van der Waals surface area contributed by atoms with Gasteiger partial charge in [-0.3, -0.25) is 4.79 Å². The van der Waals surface area contributed by atoms with Gasteiger partial charge in [0.25, 0.3) is 0 Å². The molecule has 0 saturated carbocycles. The molecule has 138 valence electrons. The molecule has 0 fully saturated rings. The molecule has 0 spiro atoms. The van der Waals surface area contributed by atoms with Gasteiger partial charge in [0.05, 0.1) is 13.1 Å². The Hall–Kier alpha value is -3.43. The highest BCUT2D eigenvalue weighted by Crippen LogP contribution is 2.07. The maximum absolute atomic E-state index is 12.4. The van der Waals surface area contributed by atoms with Gasteiger partial charge >= 0.3 is 17.1 Å². The molecule has 10 nitrogen and oxygen atoms in total. The summed E-state index contributed by atoms with van der Waals surface area (Å²) in [5.74, 6) is 0.308. The fourth-order valence-electron chi connectivity index (χ4n) is 2.29. The van der Waals surface area contributed by atoms with E-state index in [1.54, 1.807) is 6.92 Å². The van der Waals surface area contributed by atoms with Crippen molar-refractivity contribution in [3.05, 3.63) is 68.6 Å². The van der Waals surface area contributed by atoms with Gasteiger partial charge in [-0.15, -0.1) is 13.2 Å². The van der Waals surface area contributed by atoms with Crippen molar-refractivity contribution in [2.45, 2.75) is 33.0 Å². The zero-order valence-electron chi connectivity index (χ0n) is 14.3. The summed E-state index contributed by atoms with van der Waals surface area (Å²) in [5.41, 5.74) is -2.35. The maximum atomic E-state index is 12.4. The van der Waals surface area contributed by atoms with Gasteiger partial charge < -0.3 is 9.84 Å². The summed E-state index contributed by atoms with van der Waals surface area (Å²) in [6.07, 6.45) is 2.58. The Bertz CT molecular complexity index is 959. The Kier molecular flexibility index (Phi) is 5.89. The summed E-state index contributed by atoms with van der Waals surface area (Å²) in [5, 5.41) is 6.12. The fourth-order valence-corrected chi connectivity index (χ4v) is 2.29. The lowest BCUT2D eigenvalue weighted by atomic mass is 10.4. The highest BCUT2D eigenvalue weighted by atomic mass is 16.5. The number of rotatable bonds is 8. The quantitative estimate of drug-likeness (QED) is 0.654. The van der Waals surface area contributed by atoms with Gasteiger partial charge in [0.15, 0.2) is 5.82 Å². The molecule has 1 amide bonds. The Morgan fingerprint density at radius 2 is 1.65 bits per heavy atom. The van der Waals surface area contributed by atoms with E-state index >= 15 is 0 Å². The number of nitrogens with one attached hydrogen (secondary N) is 1. The van der Waals surface area contributed by atoms with Crippen molar-refractivity contribution in [3.8, 4) is 0 Å². The molecule has 10 heteroatoms. The summed E-state index contributed by atoms with van der Waals surface area (Å²) in [4.78, 5) is 49.1. The molecule has 2 aromatic heterocycles. The lowest BCUT2D eigenvalue weighted by Gasteiger charge is -2.11. The molecule has 0 bridgehead atoms. The topological polar surface area (TPSA) is 121 Å². The summed E-state index contributed by atoms with van der Waals surface area (Å²) in [6, 6.07) is 1.53. The zero-order valence-corrected chi connectivity index (χ0v) is 14.3. The lowest BCUT2D eigenvalue weighted by molar-refractivity contribution is -0.116. The molecule has 0 aliphatic carbocycles. The van der Waals surface area contributed by atoms with Gasteiger partial charge in [0.2, 0.25) is 5.91 Å². The molecule has 0 aliphatic rings. The van der Waals surface area contributed by atoms with Crippen LogP contribution in [0.3, 0.4) is 0 Å². The minimum absolute atomic E-state index is 0.0560. The second kappa shape index (κ2) is 8.10. The molecule has 2 rings (SSSR count). The molecule has 0 unspecified atom stereocenters. The van der Waals surface area contributed by atoms with Crippen molar-refractivity contribution in [3.63, 3.8) is 0 Å². The SMILES string of the molecule is C=CCn1c(=O)n(CC=C)c(=O)n(CCC(=O)Nc2cc(C)on2)c1=O. The molecular weight excluding hydrogens is 342 g/mol. The van der Waals surface area contributed by atoms with E-state index in [1.165, 1.54) is 18.2 Å². The number of carbonyl (C=O) groups excluding carboxylic acids is 1. The molecule has 0 aliphatic heterocycles. The number of aryl methyl sites for hydroxylation is 1. The Balaban J connectivity index is 2.30. The lowest BCUT2D eigenvalue weighted by Crippen LogP contribution is -2.54. The van der Waals surface area contributed by atoms with E-state index in [1.807, 2.05) is 0 Å². The molecule has 2 aromatic rings. The van der Waals surface area contributed by atoms with Gasteiger partial charge in [-0.25, -0.2) is 28.1 Å². The van der Waals surface area contributed by atoms with Crippen molar-refractivity contribution in [1.29, 1.82) is 0 Å². The van der Waals surface area contributed by atoms with Crippen molar-refractivity contribution in [2.75, 3.05) is 5.32 Å². The van der Waals surface area contributed by atoms with Crippen LogP contribution in [0.5, 0.6) is 0 Å². The van der Waals surface area contributed by atoms with Crippen LogP contribution in [0, 0.1) is 6.92 Å². The molecule has 2 heterocycles. The van der Waals surface area contributed by atoms with Crippen LogP contribution in [0.4, 0.5) is 5.82 Å². The fraction of sp³-hybridized carbons (Fsp3) is 0.312. The molecule has 0 aromatic carbocycles. The summed E-state index contributed by atoms with van der Waals surface area (Å²) >= 11 is 0. The average Bonchev–Trinajstić information content (AvgIpc) is 3.00. The van der Waals surface area contributed by atoms with Crippen molar-refractivity contribution < 1.29 is 9.32 Å². The Labute approximate surface area is 147 Å². The predicted octanol–water partition coefficient (Wildman–Crippen LogP) is -0.131. The average molecular weight is 361 g/mol. The van der Waals surface area contributed by atoms with Gasteiger partial charge in [-0.1, -0.05) is 17.3 Å². The number of anilines is 1. The third-order valence-corrected chi connectivity index (χ3v) is 3.47. The van der Waals surface area contributed by atoms with E-state index in [0.29, 0.717) is 5.76 Å². The minimum atomic E-state index is -0.801. The first-order valence-corrected chi connectivity index (χ1v) is 7.78. The molecule has 1 N–H and O–H groups in total. The first-order valence-electron chi connectivity index (χ1n) is 7.78. The van der Waals surface area contributed by atoms with Crippen molar-refractivity contribution >= 4 is 11.7 Å². The van der Waals surface area contributed by atoms with Gasteiger partial charge in [-0.05, 0) is 6.92 Å². The Morgan fingerprint density at radius 3 is 2.12 bits per heavy atom. The normalized spacial score (nSPS) is 10.5. The number of hydrogen-bond acceptors (Lipinski definition) is 6. The van der Waals surface area contributed by atoms with E-state index < -0.39 is 23.0 Å². The van der Waals surface area contributed by atoms with Crippen LogP contribution in [-0.2, 0) is 24.4 Å². The second-order valence-corrected chi connectivity index (χ2v) is 5.42. The van der Waals surface area contributed by atoms with Crippen molar-refractivity contribution in [1.82, 2.24) is 18.9 Å². The van der Waals surface area contributed by atoms with Gasteiger partial charge in [0.1, 0.15) is 5.76 Å². The second-order valence-electron chi connectivity index (χ2n) is 5.42. The Morgan fingerprint density at radius 1 is 1.12 bits per heavy atom. The third-order valence-electron chi connectivity index (χ3n) is 3.47. The molecule has 0 atom stereocenters. The number of hydrogen-bond donors (Lipinski definition) is 1. The summed E-state index contributed by atoms with van der Waals surface area (Å²) in [6.45, 7) is 8.35. The van der Waals surface area contributed by atoms with Crippen LogP contribution in [0.1, 0.15) is 12.2 Å². The van der Waals surface area contributed by atoms with Crippen LogP contribution in [-0.4, -0.2) is 24.8 Å². The number of aromatic nitrogens is 4. The minimum Gasteiger partial charge on any atom is -0.360 e. The molecule has 0 saturated heterocycles. The third kappa shape index (κ3) is 3.97. The monoisotopic (exact) mass is 361 g/mol. The number of carbonyl (C=O) groups is 1. The molecule has 26 heavy (non-hydrogen) atoms. The maximum Gasteiger partial charge on any atom is 0.336 e. The van der Waals surface area contributed by atoms with E-state index in [-0.39, 0.29) is 31.9 Å².